The highest BCUT2D eigenvalue weighted by Crippen LogP contribution is 2.23. The molecule has 3 aromatic rings. The lowest BCUT2D eigenvalue weighted by Crippen LogP contribution is -2.51. The summed E-state index contributed by atoms with van der Waals surface area (Å²) in [5.41, 5.74) is 1.69. The second kappa shape index (κ2) is 10.3. The van der Waals surface area contributed by atoms with Crippen molar-refractivity contribution < 1.29 is 23.1 Å². The lowest BCUT2D eigenvalue weighted by molar-refractivity contribution is 0.101. The fourth-order valence-electron chi connectivity index (χ4n) is 3.74. The number of anilines is 1. The van der Waals surface area contributed by atoms with Gasteiger partial charge in [-0.1, -0.05) is 12.1 Å². The first-order valence-electron chi connectivity index (χ1n) is 11.0. The van der Waals surface area contributed by atoms with Gasteiger partial charge in [-0.05, 0) is 67.1 Å². The Balaban J connectivity index is 1.25. The van der Waals surface area contributed by atoms with Crippen LogP contribution in [0.5, 0.6) is 11.5 Å². The third kappa shape index (κ3) is 5.70. The van der Waals surface area contributed by atoms with Crippen LogP contribution in [0.2, 0.25) is 0 Å². The minimum absolute atomic E-state index is 0.179. The number of carbonyl (C=O) groups excluding carboxylic acids is 2. The third-order valence-electron chi connectivity index (χ3n) is 5.68. The number of rotatable bonds is 6. The summed E-state index contributed by atoms with van der Waals surface area (Å²) in [6, 6.07) is 17.4. The maximum absolute atomic E-state index is 14.4. The van der Waals surface area contributed by atoms with E-state index in [1.807, 2.05) is 17.0 Å². The zero-order valence-electron chi connectivity index (χ0n) is 18.8. The number of hydrogen-bond donors (Lipinski definition) is 1. The predicted octanol–water partition coefficient (Wildman–Crippen LogP) is 4.99. The van der Waals surface area contributed by atoms with Gasteiger partial charge in [-0.15, -0.1) is 0 Å². The van der Waals surface area contributed by atoms with Gasteiger partial charge in [0.15, 0.2) is 5.78 Å². The molecule has 0 spiro atoms. The van der Waals surface area contributed by atoms with Gasteiger partial charge in [0, 0.05) is 38.3 Å². The number of benzene rings is 3. The van der Waals surface area contributed by atoms with Crippen LogP contribution < -0.4 is 15.0 Å². The number of urea groups is 1. The van der Waals surface area contributed by atoms with E-state index < -0.39 is 5.82 Å². The number of ether oxygens (including phenoxy) is 1. The van der Waals surface area contributed by atoms with E-state index in [1.54, 1.807) is 41.3 Å². The number of hydrogen-bond acceptors (Lipinski definition) is 4. The van der Waals surface area contributed by atoms with Gasteiger partial charge in [-0.2, -0.15) is 0 Å². The molecule has 1 fully saturated rings. The van der Waals surface area contributed by atoms with Crippen LogP contribution in [0.15, 0.2) is 66.7 Å². The van der Waals surface area contributed by atoms with Crippen molar-refractivity contribution in [2.45, 2.75) is 13.5 Å². The zero-order chi connectivity index (χ0) is 24.1. The highest BCUT2D eigenvalue weighted by molar-refractivity contribution is 5.94. The van der Waals surface area contributed by atoms with Crippen molar-refractivity contribution in [1.82, 2.24) is 10.2 Å². The Hall–Kier alpha value is -3.94. The average Bonchev–Trinajstić information content (AvgIpc) is 2.85. The molecule has 0 aromatic heterocycles. The van der Waals surface area contributed by atoms with Crippen molar-refractivity contribution >= 4 is 17.5 Å². The molecule has 0 unspecified atom stereocenters. The minimum atomic E-state index is -0.433. The number of halogens is 2. The number of carbonyl (C=O) groups is 2. The highest BCUT2D eigenvalue weighted by atomic mass is 19.1. The molecule has 0 saturated carbocycles. The number of ketones is 1. The van der Waals surface area contributed by atoms with Crippen molar-refractivity contribution in [2.24, 2.45) is 0 Å². The smallest absolute Gasteiger partial charge is 0.317 e. The second-order valence-electron chi connectivity index (χ2n) is 8.06. The molecule has 0 atom stereocenters. The lowest BCUT2D eigenvalue weighted by Gasteiger charge is -2.36. The fraction of sp³-hybridized carbons (Fsp3) is 0.231. The Kier molecular flexibility index (Phi) is 7.06. The molecule has 0 radical (unpaired) electrons. The first-order chi connectivity index (χ1) is 16.4. The van der Waals surface area contributed by atoms with Crippen LogP contribution in [-0.2, 0) is 6.54 Å². The summed E-state index contributed by atoms with van der Waals surface area (Å²) in [4.78, 5) is 27.6. The number of amides is 2. The normalized spacial score (nSPS) is 13.5. The standard InChI is InChI=1S/C26H25F2N3O3/c1-18(32)20-4-11-25(24(28)16-20)30-12-14-31(15-13-30)26(33)29-17-19-2-7-22(8-3-19)34-23-9-5-21(27)6-10-23/h2-11,16H,12-15,17H2,1H3,(H,29,33). The van der Waals surface area contributed by atoms with Crippen molar-refractivity contribution in [2.75, 3.05) is 31.1 Å². The Labute approximate surface area is 196 Å². The molecule has 6 nitrogen and oxygen atoms in total. The zero-order valence-corrected chi connectivity index (χ0v) is 18.8. The molecule has 2 amide bonds. The topological polar surface area (TPSA) is 61.9 Å². The number of Topliss-reactive ketones (excluding diaryl/α,β-unsaturated/α-hetero) is 1. The maximum Gasteiger partial charge on any atom is 0.317 e. The van der Waals surface area contributed by atoms with E-state index in [-0.39, 0.29) is 17.6 Å². The van der Waals surface area contributed by atoms with Crippen LogP contribution >= 0.6 is 0 Å². The van der Waals surface area contributed by atoms with Crippen molar-refractivity contribution in [3.8, 4) is 11.5 Å². The average molecular weight is 466 g/mol. The molecule has 1 saturated heterocycles. The molecule has 8 heteroatoms. The summed E-state index contributed by atoms with van der Waals surface area (Å²) in [5.74, 6) is 0.215. The van der Waals surface area contributed by atoms with Gasteiger partial charge >= 0.3 is 6.03 Å². The van der Waals surface area contributed by atoms with E-state index in [9.17, 15) is 18.4 Å². The SMILES string of the molecule is CC(=O)c1ccc(N2CCN(C(=O)NCc3ccc(Oc4ccc(F)cc4)cc3)CC2)c(F)c1. The summed E-state index contributed by atoms with van der Waals surface area (Å²) >= 11 is 0. The summed E-state index contributed by atoms with van der Waals surface area (Å²) in [7, 11) is 0. The van der Waals surface area contributed by atoms with Crippen LogP contribution in [0, 0.1) is 11.6 Å². The molecule has 1 N–H and O–H groups in total. The molecule has 1 aliphatic rings. The molecule has 34 heavy (non-hydrogen) atoms. The molecular weight excluding hydrogens is 440 g/mol. The molecule has 3 aromatic carbocycles. The van der Waals surface area contributed by atoms with Crippen LogP contribution in [0.25, 0.3) is 0 Å². The Bertz CT molecular complexity index is 1160. The van der Waals surface area contributed by atoms with Crippen LogP contribution in [0.4, 0.5) is 19.3 Å². The van der Waals surface area contributed by atoms with Gasteiger partial charge in [-0.3, -0.25) is 4.79 Å². The molecule has 0 aliphatic carbocycles. The maximum atomic E-state index is 14.4. The van der Waals surface area contributed by atoms with E-state index in [4.69, 9.17) is 4.74 Å². The quantitative estimate of drug-likeness (QED) is 0.521. The van der Waals surface area contributed by atoms with Crippen LogP contribution in [-0.4, -0.2) is 42.9 Å². The molecule has 1 aliphatic heterocycles. The van der Waals surface area contributed by atoms with Gasteiger partial charge in [0.05, 0.1) is 5.69 Å². The summed E-state index contributed by atoms with van der Waals surface area (Å²) in [5, 5.41) is 2.90. The van der Waals surface area contributed by atoms with Crippen molar-refractivity contribution in [1.29, 1.82) is 0 Å². The Morgan fingerprint density at radius 3 is 2.09 bits per heavy atom. The van der Waals surface area contributed by atoms with E-state index in [1.165, 1.54) is 25.1 Å². The molecule has 1 heterocycles. The van der Waals surface area contributed by atoms with E-state index in [0.717, 1.165) is 5.56 Å². The first-order valence-corrected chi connectivity index (χ1v) is 11.0. The van der Waals surface area contributed by atoms with Crippen molar-refractivity contribution in [3.05, 3.63) is 89.5 Å². The Morgan fingerprint density at radius 1 is 0.882 bits per heavy atom. The summed E-state index contributed by atoms with van der Waals surface area (Å²) in [6.45, 7) is 3.69. The predicted molar refractivity (Wildman–Crippen MR) is 125 cm³/mol. The first kappa shape index (κ1) is 23.2. The van der Waals surface area contributed by atoms with E-state index >= 15 is 0 Å². The van der Waals surface area contributed by atoms with Crippen LogP contribution in [0.3, 0.4) is 0 Å². The number of nitrogens with zero attached hydrogens (tertiary/aromatic N) is 2. The van der Waals surface area contributed by atoms with Crippen molar-refractivity contribution in [3.63, 3.8) is 0 Å². The number of nitrogens with one attached hydrogen (secondary N) is 1. The van der Waals surface area contributed by atoms with Gasteiger partial charge in [0.2, 0.25) is 0 Å². The van der Waals surface area contributed by atoms with E-state index in [2.05, 4.69) is 5.32 Å². The second-order valence-corrected chi connectivity index (χ2v) is 8.06. The number of piperazine rings is 1. The lowest BCUT2D eigenvalue weighted by atomic mass is 10.1. The summed E-state index contributed by atoms with van der Waals surface area (Å²) < 4.78 is 33.1. The molecule has 0 bridgehead atoms. The Morgan fingerprint density at radius 2 is 1.50 bits per heavy atom. The molecule has 4 rings (SSSR count). The van der Waals surface area contributed by atoms with E-state index in [0.29, 0.717) is 55.5 Å². The van der Waals surface area contributed by atoms with Crippen LogP contribution in [0.1, 0.15) is 22.8 Å². The third-order valence-corrected chi connectivity index (χ3v) is 5.68. The summed E-state index contributed by atoms with van der Waals surface area (Å²) in [6.07, 6.45) is 0. The monoisotopic (exact) mass is 465 g/mol. The highest BCUT2D eigenvalue weighted by Gasteiger charge is 2.23. The van der Waals surface area contributed by atoms with Gasteiger partial charge < -0.3 is 19.9 Å². The largest absolute Gasteiger partial charge is 0.457 e. The fourth-order valence-corrected chi connectivity index (χ4v) is 3.74. The van der Waals surface area contributed by atoms with Gasteiger partial charge in [0.1, 0.15) is 23.1 Å². The van der Waals surface area contributed by atoms with Gasteiger partial charge in [-0.25, -0.2) is 13.6 Å². The molecular formula is C26H25F2N3O3. The minimum Gasteiger partial charge on any atom is -0.457 e. The molecule has 176 valence electrons. The van der Waals surface area contributed by atoms with Gasteiger partial charge in [0.25, 0.3) is 0 Å².